The highest BCUT2D eigenvalue weighted by Crippen LogP contribution is 2.21. The second kappa shape index (κ2) is 7.14. The predicted octanol–water partition coefficient (Wildman–Crippen LogP) is 3.93. The molecule has 2 rings (SSSR count). The van der Waals surface area contributed by atoms with E-state index in [1.807, 2.05) is 36.4 Å². The molecule has 0 saturated heterocycles. The normalized spacial score (nSPS) is 12.2. The molecule has 0 bridgehead atoms. The summed E-state index contributed by atoms with van der Waals surface area (Å²) in [6.45, 7) is 4.54. The van der Waals surface area contributed by atoms with E-state index in [4.69, 9.17) is 9.47 Å². The Morgan fingerprint density at radius 2 is 1.38 bits per heavy atom. The third kappa shape index (κ3) is 4.23. The molecule has 1 atom stereocenters. The maximum Gasteiger partial charge on any atom is 0.119 e. The summed E-state index contributed by atoms with van der Waals surface area (Å²) in [5.74, 6) is 2.05. The molecule has 21 heavy (non-hydrogen) atoms. The third-order valence-electron chi connectivity index (χ3n) is 3.46. The molecule has 112 valence electrons. The zero-order valence-electron chi connectivity index (χ0n) is 12.7. The summed E-state index contributed by atoms with van der Waals surface area (Å²) >= 11 is 0. The van der Waals surface area contributed by atoms with Gasteiger partial charge in [-0.1, -0.05) is 38.1 Å². The smallest absolute Gasteiger partial charge is 0.119 e. The number of hydrogen-bond donors (Lipinski definition) is 1. The molecule has 1 N–H and O–H groups in total. The van der Waals surface area contributed by atoms with E-state index in [9.17, 15) is 5.11 Å². The average Bonchev–Trinajstić information content (AvgIpc) is 2.53. The van der Waals surface area contributed by atoms with E-state index in [2.05, 4.69) is 26.0 Å². The maximum absolute atomic E-state index is 10.1. The fourth-order valence-electron chi connectivity index (χ4n) is 2.05. The summed E-state index contributed by atoms with van der Waals surface area (Å²) in [4.78, 5) is 0. The van der Waals surface area contributed by atoms with Gasteiger partial charge in [0.1, 0.15) is 24.2 Å². The summed E-state index contributed by atoms with van der Waals surface area (Å²) < 4.78 is 10.7. The van der Waals surface area contributed by atoms with E-state index in [-0.39, 0.29) is 6.61 Å². The Kier molecular flexibility index (Phi) is 5.23. The molecule has 2 aromatic rings. The van der Waals surface area contributed by atoms with Crippen LogP contribution in [0.5, 0.6) is 11.5 Å². The second-order valence-corrected chi connectivity index (χ2v) is 5.32. The van der Waals surface area contributed by atoms with Crippen molar-refractivity contribution in [1.29, 1.82) is 0 Å². The van der Waals surface area contributed by atoms with E-state index < -0.39 is 6.10 Å². The van der Waals surface area contributed by atoms with Crippen molar-refractivity contribution in [3.8, 4) is 11.5 Å². The summed E-state index contributed by atoms with van der Waals surface area (Å²) in [5, 5.41) is 10.1. The lowest BCUT2D eigenvalue weighted by Gasteiger charge is -2.14. The van der Waals surface area contributed by atoms with Crippen LogP contribution in [-0.2, 0) is 0 Å². The first kappa shape index (κ1) is 15.4. The van der Waals surface area contributed by atoms with Crippen LogP contribution in [0.2, 0.25) is 0 Å². The van der Waals surface area contributed by atoms with Crippen LogP contribution in [0.15, 0.2) is 48.5 Å². The van der Waals surface area contributed by atoms with Gasteiger partial charge in [-0.15, -0.1) is 0 Å². The first-order valence-corrected chi connectivity index (χ1v) is 7.15. The van der Waals surface area contributed by atoms with Crippen LogP contribution >= 0.6 is 0 Å². The highest BCUT2D eigenvalue weighted by atomic mass is 16.5. The van der Waals surface area contributed by atoms with Crippen LogP contribution < -0.4 is 9.47 Å². The Hall–Kier alpha value is -2.00. The molecule has 3 heteroatoms. The van der Waals surface area contributed by atoms with Gasteiger partial charge in [-0.25, -0.2) is 0 Å². The average molecular weight is 286 g/mol. The minimum Gasteiger partial charge on any atom is -0.497 e. The number of aliphatic hydroxyl groups is 1. The standard InChI is InChI=1S/C18H22O3/c1-13(2)14-4-10-17(11-5-14)21-12-18(19)15-6-8-16(20-3)9-7-15/h4-11,13,18-19H,12H2,1-3H3. The summed E-state index contributed by atoms with van der Waals surface area (Å²) in [7, 11) is 1.62. The highest BCUT2D eigenvalue weighted by molar-refractivity contribution is 5.30. The van der Waals surface area contributed by atoms with Crippen LogP contribution in [-0.4, -0.2) is 18.8 Å². The molecule has 0 aliphatic heterocycles. The van der Waals surface area contributed by atoms with E-state index >= 15 is 0 Å². The molecule has 0 aliphatic carbocycles. The molecule has 0 amide bonds. The molecular formula is C18H22O3. The molecule has 0 aromatic heterocycles. The number of hydrogen-bond acceptors (Lipinski definition) is 3. The molecule has 0 saturated carbocycles. The van der Waals surface area contributed by atoms with Gasteiger partial charge >= 0.3 is 0 Å². The number of benzene rings is 2. The Balaban J connectivity index is 1.92. The lowest BCUT2D eigenvalue weighted by Crippen LogP contribution is -2.09. The van der Waals surface area contributed by atoms with Crippen molar-refractivity contribution in [3.05, 3.63) is 59.7 Å². The van der Waals surface area contributed by atoms with Gasteiger partial charge in [0.2, 0.25) is 0 Å². The van der Waals surface area contributed by atoms with E-state index in [0.717, 1.165) is 17.1 Å². The summed E-state index contributed by atoms with van der Waals surface area (Å²) in [6, 6.07) is 15.3. The third-order valence-corrected chi connectivity index (χ3v) is 3.46. The van der Waals surface area contributed by atoms with E-state index in [1.165, 1.54) is 5.56 Å². The van der Waals surface area contributed by atoms with Crippen molar-refractivity contribution in [1.82, 2.24) is 0 Å². The Labute approximate surface area is 126 Å². The lowest BCUT2D eigenvalue weighted by molar-refractivity contribution is 0.108. The monoisotopic (exact) mass is 286 g/mol. The molecule has 0 spiro atoms. The van der Waals surface area contributed by atoms with E-state index in [0.29, 0.717) is 5.92 Å². The molecular weight excluding hydrogens is 264 g/mol. The van der Waals surface area contributed by atoms with Gasteiger partial charge in [-0.3, -0.25) is 0 Å². The molecule has 2 aromatic carbocycles. The van der Waals surface area contributed by atoms with Crippen molar-refractivity contribution < 1.29 is 14.6 Å². The van der Waals surface area contributed by atoms with Crippen LogP contribution in [0.1, 0.15) is 37.0 Å². The minimum absolute atomic E-state index is 0.230. The molecule has 1 unspecified atom stereocenters. The van der Waals surface area contributed by atoms with Gasteiger partial charge in [-0.05, 0) is 41.3 Å². The van der Waals surface area contributed by atoms with Gasteiger partial charge < -0.3 is 14.6 Å². The van der Waals surface area contributed by atoms with Gasteiger partial charge in [0.05, 0.1) is 7.11 Å². The largest absolute Gasteiger partial charge is 0.497 e. The number of aliphatic hydroxyl groups excluding tert-OH is 1. The zero-order valence-corrected chi connectivity index (χ0v) is 12.7. The van der Waals surface area contributed by atoms with Gasteiger partial charge in [0, 0.05) is 0 Å². The Morgan fingerprint density at radius 3 is 1.90 bits per heavy atom. The van der Waals surface area contributed by atoms with Crippen molar-refractivity contribution >= 4 is 0 Å². The fourth-order valence-corrected chi connectivity index (χ4v) is 2.05. The van der Waals surface area contributed by atoms with Crippen molar-refractivity contribution in [2.45, 2.75) is 25.9 Å². The summed E-state index contributed by atoms with van der Waals surface area (Å²) in [6.07, 6.45) is -0.652. The SMILES string of the molecule is COc1ccc(C(O)COc2ccc(C(C)C)cc2)cc1. The first-order chi connectivity index (χ1) is 10.1. The van der Waals surface area contributed by atoms with Crippen molar-refractivity contribution in [3.63, 3.8) is 0 Å². The number of rotatable bonds is 6. The first-order valence-electron chi connectivity index (χ1n) is 7.15. The van der Waals surface area contributed by atoms with Gasteiger partial charge in [-0.2, -0.15) is 0 Å². The Morgan fingerprint density at radius 1 is 0.857 bits per heavy atom. The fraction of sp³-hybridized carbons (Fsp3) is 0.333. The van der Waals surface area contributed by atoms with Crippen LogP contribution in [0.3, 0.4) is 0 Å². The topological polar surface area (TPSA) is 38.7 Å². The summed E-state index contributed by atoms with van der Waals surface area (Å²) in [5.41, 5.74) is 2.09. The number of methoxy groups -OCH3 is 1. The Bertz CT molecular complexity index is 544. The molecule has 0 aliphatic rings. The van der Waals surface area contributed by atoms with Gasteiger partial charge in [0.25, 0.3) is 0 Å². The van der Waals surface area contributed by atoms with Crippen LogP contribution in [0.4, 0.5) is 0 Å². The zero-order chi connectivity index (χ0) is 15.2. The van der Waals surface area contributed by atoms with Crippen LogP contribution in [0.25, 0.3) is 0 Å². The number of ether oxygens (including phenoxy) is 2. The molecule has 0 radical (unpaired) electrons. The predicted molar refractivity (Wildman–Crippen MR) is 84.0 cm³/mol. The van der Waals surface area contributed by atoms with Crippen LogP contribution in [0, 0.1) is 0 Å². The van der Waals surface area contributed by atoms with E-state index in [1.54, 1.807) is 7.11 Å². The molecule has 3 nitrogen and oxygen atoms in total. The highest BCUT2D eigenvalue weighted by Gasteiger charge is 2.09. The quantitative estimate of drug-likeness (QED) is 0.874. The van der Waals surface area contributed by atoms with Gasteiger partial charge in [0.15, 0.2) is 0 Å². The molecule has 0 fully saturated rings. The lowest BCUT2D eigenvalue weighted by atomic mass is 10.0. The van der Waals surface area contributed by atoms with Crippen molar-refractivity contribution in [2.75, 3.05) is 13.7 Å². The maximum atomic E-state index is 10.1. The minimum atomic E-state index is -0.652. The molecule has 0 heterocycles. The second-order valence-electron chi connectivity index (χ2n) is 5.32. The van der Waals surface area contributed by atoms with Crippen molar-refractivity contribution in [2.24, 2.45) is 0 Å².